The van der Waals surface area contributed by atoms with Crippen molar-refractivity contribution in [2.45, 2.75) is 89.6 Å². The fourth-order valence-corrected chi connectivity index (χ4v) is 8.82. The Labute approximate surface area is 301 Å². The Hall–Kier alpha value is -1.81. The van der Waals surface area contributed by atoms with Crippen LogP contribution in [0, 0.1) is 23.5 Å². The number of carboxylic acid groups (broad SMARTS) is 1. The van der Waals surface area contributed by atoms with Crippen LogP contribution in [0.1, 0.15) is 91.4 Å². The third-order valence-electron chi connectivity index (χ3n) is 9.82. The van der Waals surface area contributed by atoms with E-state index in [4.69, 9.17) is 4.98 Å². The van der Waals surface area contributed by atoms with Gasteiger partial charge in [-0.2, -0.15) is 0 Å². The molecule has 3 unspecified atom stereocenters. The van der Waals surface area contributed by atoms with E-state index in [1.54, 1.807) is 12.1 Å². The Kier molecular flexibility index (Phi) is 16.6. The number of piperidine rings is 1. The average molecular weight is 733 g/mol. The zero-order valence-electron chi connectivity index (χ0n) is 27.7. The minimum absolute atomic E-state index is 0. The Morgan fingerprint density at radius 2 is 1.72 bits per heavy atom. The first kappa shape index (κ1) is 41.4. The molecule has 1 aliphatic heterocycles. The van der Waals surface area contributed by atoms with Crippen LogP contribution in [0.25, 0.3) is 0 Å². The summed E-state index contributed by atoms with van der Waals surface area (Å²) in [4.78, 5) is 23.3. The summed E-state index contributed by atoms with van der Waals surface area (Å²) >= 11 is 1.82. The molecule has 262 valence electrons. The highest BCUT2D eigenvalue weighted by molar-refractivity contribution is 7.11. The van der Waals surface area contributed by atoms with Crippen molar-refractivity contribution in [3.63, 3.8) is 0 Å². The van der Waals surface area contributed by atoms with Crippen molar-refractivity contribution >= 4 is 54.5 Å². The molecule has 4 atom stereocenters. The number of aromatic nitrogens is 1. The second-order valence-corrected chi connectivity index (χ2v) is 14.5. The molecule has 2 aliphatic rings. The van der Waals surface area contributed by atoms with Gasteiger partial charge in [-0.25, -0.2) is 13.8 Å². The smallest absolute Gasteiger partial charge is 0.320 e. The predicted octanol–water partition coefficient (Wildman–Crippen LogP) is 9.01. The van der Waals surface area contributed by atoms with E-state index in [1.807, 2.05) is 36.6 Å². The van der Waals surface area contributed by atoms with Gasteiger partial charge in [0.25, 0.3) is 0 Å². The van der Waals surface area contributed by atoms with Crippen LogP contribution in [0.3, 0.4) is 0 Å². The first-order valence-electron chi connectivity index (χ1n) is 16.3. The van der Waals surface area contributed by atoms with Crippen molar-refractivity contribution < 1.29 is 18.7 Å². The number of hydrogen-bond donors (Lipinski definition) is 1. The van der Waals surface area contributed by atoms with Crippen molar-refractivity contribution in [1.29, 1.82) is 0 Å². The number of aliphatic carboxylic acids is 1. The van der Waals surface area contributed by atoms with E-state index in [2.05, 4.69) is 30.6 Å². The van der Waals surface area contributed by atoms with Crippen LogP contribution in [-0.4, -0.2) is 64.6 Å². The summed E-state index contributed by atoms with van der Waals surface area (Å²) in [5.74, 6) is 0.142. The van der Waals surface area contributed by atoms with Gasteiger partial charge in [-0.1, -0.05) is 45.0 Å². The van der Waals surface area contributed by atoms with Crippen LogP contribution in [-0.2, 0) is 17.6 Å². The standard InChI is InChI=1S/C36H47F2N3O2S.3ClH/c1-5-32-35(44-34(39-32)18-24-9-11-28(37)12-10-24)25-13-15-41(16-14-25)22-27-20-30(40(4)33(36(42)43)17-23(2)3)21-31(27)26-7-6-8-29(38)19-26;;;/h6-12,19,23,25,27,30-31,33H,5,13-18,20-22H2,1-4H3,(H,42,43);3*1H/t27?,30?,31?,33-;;;/m1.../s1. The molecule has 2 heterocycles. The van der Waals surface area contributed by atoms with Gasteiger partial charge in [0.05, 0.1) is 10.7 Å². The minimum atomic E-state index is -0.760. The van der Waals surface area contributed by atoms with E-state index in [0.29, 0.717) is 24.2 Å². The molecule has 0 bridgehead atoms. The number of likely N-dealkylation sites (N-methyl/N-ethyl adjacent to an activating group) is 1. The van der Waals surface area contributed by atoms with Crippen LogP contribution in [0.2, 0.25) is 0 Å². The lowest BCUT2D eigenvalue weighted by Crippen LogP contribution is -2.45. The van der Waals surface area contributed by atoms with Crippen molar-refractivity contribution in [3.8, 4) is 0 Å². The minimum Gasteiger partial charge on any atom is -0.480 e. The third kappa shape index (κ3) is 10.6. The van der Waals surface area contributed by atoms with E-state index >= 15 is 0 Å². The highest BCUT2D eigenvalue weighted by Gasteiger charge is 2.41. The van der Waals surface area contributed by atoms with Crippen molar-refractivity contribution in [2.24, 2.45) is 11.8 Å². The van der Waals surface area contributed by atoms with Crippen LogP contribution >= 0.6 is 48.6 Å². The molecular weight excluding hydrogens is 683 g/mol. The summed E-state index contributed by atoms with van der Waals surface area (Å²) in [6.45, 7) is 9.28. The van der Waals surface area contributed by atoms with Gasteiger partial charge in [0.1, 0.15) is 17.7 Å². The van der Waals surface area contributed by atoms with Gasteiger partial charge in [0, 0.05) is 23.9 Å². The summed E-state index contributed by atoms with van der Waals surface area (Å²) in [5, 5.41) is 11.1. The molecule has 5 nitrogen and oxygen atoms in total. The molecule has 5 rings (SSSR count). The highest BCUT2D eigenvalue weighted by Crippen LogP contribution is 2.44. The maximum absolute atomic E-state index is 14.3. The predicted molar refractivity (Wildman–Crippen MR) is 195 cm³/mol. The van der Waals surface area contributed by atoms with E-state index in [9.17, 15) is 18.7 Å². The number of aryl methyl sites for hydroxylation is 1. The number of likely N-dealkylation sites (tertiary alicyclic amines) is 1. The molecule has 47 heavy (non-hydrogen) atoms. The molecule has 2 aromatic carbocycles. The van der Waals surface area contributed by atoms with Gasteiger partial charge in [-0.15, -0.1) is 48.6 Å². The molecule has 3 aromatic rings. The lowest BCUT2D eigenvalue weighted by molar-refractivity contribution is -0.144. The third-order valence-corrected chi connectivity index (χ3v) is 11.1. The molecule has 1 aromatic heterocycles. The molecule has 0 radical (unpaired) electrons. The molecule has 0 amide bonds. The van der Waals surface area contributed by atoms with Gasteiger partial charge in [-0.3, -0.25) is 9.69 Å². The van der Waals surface area contributed by atoms with Crippen LogP contribution in [0.15, 0.2) is 48.5 Å². The average Bonchev–Trinajstić information content (AvgIpc) is 3.61. The normalized spacial score (nSPS) is 20.8. The summed E-state index contributed by atoms with van der Waals surface area (Å²) in [6.07, 6.45) is 6.20. The van der Waals surface area contributed by atoms with Gasteiger partial charge in [0.2, 0.25) is 0 Å². The molecule has 1 saturated heterocycles. The highest BCUT2D eigenvalue weighted by atomic mass is 35.5. The zero-order valence-corrected chi connectivity index (χ0v) is 31.0. The Balaban J connectivity index is 0.00000256. The fourth-order valence-electron chi connectivity index (χ4n) is 7.47. The van der Waals surface area contributed by atoms with Crippen molar-refractivity contribution in [1.82, 2.24) is 14.8 Å². The maximum Gasteiger partial charge on any atom is 0.320 e. The second-order valence-electron chi connectivity index (χ2n) is 13.3. The first-order valence-corrected chi connectivity index (χ1v) is 17.1. The number of nitrogens with zero attached hydrogens (tertiary/aromatic N) is 3. The monoisotopic (exact) mass is 731 g/mol. The quantitative estimate of drug-likeness (QED) is 0.202. The van der Waals surface area contributed by atoms with E-state index in [1.165, 1.54) is 28.8 Å². The Morgan fingerprint density at radius 1 is 1.04 bits per heavy atom. The molecule has 0 spiro atoms. The number of hydrogen-bond acceptors (Lipinski definition) is 5. The number of halogens is 5. The number of rotatable bonds is 12. The van der Waals surface area contributed by atoms with Gasteiger partial charge in [-0.05, 0) is 118 Å². The van der Waals surface area contributed by atoms with Crippen molar-refractivity contribution in [3.05, 3.63) is 86.9 Å². The second kappa shape index (κ2) is 18.8. The topological polar surface area (TPSA) is 56.7 Å². The van der Waals surface area contributed by atoms with Crippen LogP contribution < -0.4 is 0 Å². The number of thiazole rings is 1. The number of carboxylic acids is 1. The summed E-state index contributed by atoms with van der Waals surface area (Å²) in [7, 11) is 1.97. The number of benzene rings is 2. The summed E-state index contributed by atoms with van der Waals surface area (Å²) < 4.78 is 27.7. The van der Waals surface area contributed by atoms with Crippen LogP contribution in [0.4, 0.5) is 8.78 Å². The van der Waals surface area contributed by atoms with Crippen molar-refractivity contribution in [2.75, 3.05) is 26.7 Å². The van der Waals surface area contributed by atoms with E-state index in [-0.39, 0.29) is 60.8 Å². The molecule has 1 aliphatic carbocycles. The van der Waals surface area contributed by atoms with E-state index in [0.717, 1.165) is 74.3 Å². The first-order chi connectivity index (χ1) is 21.1. The summed E-state index contributed by atoms with van der Waals surface area (Å²) in [6, 6.07) is 13.4. The van der Waals surface area contributed by atoms with Gasteiger partial charge in [0.15, 0.2) is 0 Å². The summed E-state index contributed by atoms with van der Waals surface area (Å²) in [5.41, 5.74) is 3.31. The maximum atomic E-state index is 14.3. The Morgan fingerprint density at radius 3 is 2.32 bits per heavy atom. The molecular formula is C36H50Cl3F2N3O2S. The lowest BCUT2D eigenvalue weighted by atomic mass is 9.87. The molecule has 11 heteroatoms. The van der Waals surface area contributed by atoms with Crippen LogP contribution in [0.5, 0.6) is 0 Å². The van der Waals surface area contributed by atoms with Gasteiger partial charge >= 0.3 is 5.97 Å². The molecule has 2 fully saturated rings. The zero-order chi connectivity index (χ0) is 31.4. The number of carbonyl (C=O) groups is 1. The lowest BCUT2D eigenvalue weighted by Gasteiger charge is -2.35. The van der Waals surface area contributed by atoms with E-state index < -0.39 is 12.0 Å². The Bertz CT molecular complexity index is 1400. The molecule has 1 saturated carbocycles. The SMILES string of the molecule is CCc1nc(Cc2ccc(F)cc2)sc1C1CCN(CC2CC(N(C)[C@H](CC(C)C)C(=O)O)CC2c2cccc(F)c2)CC1.Cl.Cl.Cl. The fraction of sp³-hybridized carbons (Fsp3) is 0.556. The van der Waals surface area contributed by atoms with Gasteiger partial charge < -0.3 is 10.0 Å². The largest absolute Gasteiger partial charge is 0.480 e. The molecule has 1 N–H and O–H groups in total.